The molecule has 0 saturated heterocycles. The lowest BCUT2D eigenvalue weighted by Gasteiger charge is -2.17. The van der Waals surface area contributed by atoms with Crippen LogP contribution in [-0.2, 0) is 11.3 Å². The van der Waals surface area contributed by atoms with Gasteiger partial charge in [0, 0.05) is 12.1 Å². The van der Waals surface area contributed by atoms with Gasteiger partial charge >= 0.3 is 5.97 Å². The number of carbonyl (C=O) groups excluding carboxylic acids is 1. The smallest absolute Gasteiger partial charge is 0.326 e. The molecule has 2 N–H and O–H groups in total. The number of carboxylic acids is 1. The van der Waals surface area contributed by atoms with Crippen molar-refractivity contribution < 1.29 is 14.7 Å². The second-order valence-electron chi connectivity index (χ2n) is 5.93. The highest BCUT2D eigenvalue weighted by atomic mass is 16.4. The van der Waals surface area contributed by atoms with Crippen LogP contribution in [0.3, 0.4) is 0 Å². The monoisotopic (exact) mass is 292 g/mol. The van der Waals surface area contributed by atoms with Gasteiger partial charge in [0.2, 0.25) is 0 Å². The van der Waals surface area contributed by atoms with Crippen molar-refractivity contribution in [1.29, 1.82) is 0 Å². The molecule has 1 amide bonds. The van der Waals surface area contributed by atoms with E-state index >= 15 is 0 Å². The molecular weight excluding hydrogens is 268 g/mol. The van der Waals surface area contributed by atoms with Gasteiger partial charge in [0.25, 0.3) is 5.91 Å². The topological polar surface area (TPSA) is 69.6 Å². The number of benzene rings is 1. The largest absolute Gasteiger partial charge is 0.480 e. The number of hydrogen-bond acceptors (Lipinski definition) is 3. The molecule has 0 saturated carbocycles. The molecule has 1 atom stereocenters. The molecule has 0 aromatic heterocycles. The summed E-state index contributed by atoms with van der Waals surface area (Å²) in [5.74, 6) is -1.14. The Balaban J connectivity index is 2.80. The van der Waals surface area contributed by atoms with Crippen LogP contribution < -0.4 is 5.32 Å². The van der Waals surface area contributed by atoms with Gasteiger partial charge < -0.3 is 15.3 Å². The number of nitrogens with zero attached hydrogens (tertiary/aromatic N) is 1. The van der Waals surface area contributed by atoms with Crippen molar-refractivity contribution >= 4 is 11.9 Å². The highest BCUT2D eigenvalue weighted by Gasteiger charge is 2.21. The average Bonchev–Trinajstić information content (AvgIpc) is 2.36. The molecule has 1 aromatic carbocycles. The van der Waals surface area contributed by atoms with Crippen LogP contribution in [0.2, 0.25) is 0 Å². The quantitative estimate of drug-likeness (QED) is 0.806. The Kier molecular flexibility index (Phi) is 6.37. The highest BCUT2D eigenvalue weighted by molar-refractivity contribution is 5.96. The van der Waals surface area contributed by atoms with Crippen LogP contribution in [0.5, 0.6) is 0 Å². The van der Waals surface area contributed by atoms with E-state index in [4.69, 9.17) is 0 Å². The molecule has 1 rings (SSSR count). The minimum absolute atomic E-state index is 0.200. The van der Waals surface area contributed by atoms with Crippen LogP contribution in [0.1, 0.15) is 36.2 Å². The normalized spacial score (nSPS) is 12.5. The molecule has 1 unspecified atom stereocenters. The fourth-order valence-electron chi connectivity index (χ4n) is 2.11. The first-order valence-corrected chi connectivity index (χ1v) is 7.07. The Bertz CT molecular complexity index is 498. The molecule has 5 nitrogen and oxygen atoms in total. The maximum Gasteiger partial charge on any atom is 0.326 e. The Morgan fingerprint density at radius 2 is 1.95 bits per heavy atom. The first-order chi connectivity index (χ1) is 9.79. The second kappa shape index (κ2) is 7.78. The van der Waals surface area contributed by atoms with Gasteiger partial charge in [-0.15, -0.1) is 0 Å². The molecule has 0 aliphatic carbocycles. The van der Waals surface area contributed by atoms with Crippen molar-refractivity contribution in [3.8, 4) is 0 Å². The van der Waals surface area contributed by atoms with E-state index < -0.39 is 12.0 Å². The van der Waals surface area contributed by atoms with E-state index in [9.17, 15) is 14.7 Å². The third-order valence-electron chi connectivity index (χ3n) is 3.00. The number of hydrogen-bond donors (Lipinski definition) is 2. The standard InChI is InChI=1S/C16H24N2O3/c1-11(2)8-14(16(20)21)17-15(19)13-7-5-6-12(9-13)10-18(3)4/h5-7,9,11,14H,8,10H2,1-4H3,(H,17,19)(H,20,21). The Morgan fingerprint density at radius 3 is 2.48 bits per heavy atom. The molecule has 0 aliphatic heterocycles. The lowest BCUT2D eigenvalue weighted by molar-refractivity contribution is -0.139. The van der Waals surface area contributed by atoms with Crippen LogP contribution >= 0.6 is 0 Å². The zero-order chi connectivity index (χ0) is 16.0. The summed E-state index contributed by atoms with van der Waals surface area (Å²) in [6.07, 6.45) is 0.415. The zero-order valence-corrected chi connectivity index (χ0v) is 13.1. The number of carboxylic acid groups (broad SMARTS) is 1. The number of nitrogens with one attached hydrogen (secondary N) is 1. The van der Waals surface area contributed by atoms with E-state index in [2.05, 4.69) is 5.32 Å². The summed E-state index contributed by atoms with van der Waals surface area (Å²) in [7, 11) is 3.91. The highest BCUT2D eigenvalue weighted by Crippen LogP contribution is 2.09. The summed E-state index contributed by atoms with van der Waals surface area (Å²) >= 11 is 0. The Labute approximate surface area is 126 Å². The molecule has 0 bridgehead atoms. The fourth-order valence-corrected chi connectivity index (χ4v) is 2.11. The molecule has 21 heavy (non-hydrogen) atoms. The van der Waals surface area contributed by atoms with Crippen LogP contribution in [0.4, 0.5) is 0 Å². The molecule has 5 heteroatoms. The van der Waals surface area contributed by atoms with Gasteiger partial charge in [-0.1, -0.05) is 26.0 Å². The third-order valence-corrected chi connectivity index (χ3v) is 3.00. The van der Waals surface area contributed by atoms with E-state index in [-0.39, 0.29) is 11.8 Å². The summed E-state index contributed by atoms with van der Waals surface area (Å²) in [4.78, 5) is 25.4. The average molecular weight is 292 g/mol. The van der Waals surface area contributed by atoms with Gasteiger partial charge in [-0.2, -0.15) is 0 Å². The molecule has 0 fully saturated rings. The minimum Gasteiger partial charge on any atom is -0.480 e. The lowest BCUT2D eigenvalue weighted by atomic mass is 10.0. The Morgan fingerprint density at radius 1 is 1.29 bits per heavy atom. The second-order valence-corrected chi connectivity index (χ2v) is 5.93. The van der Waals surface area contributed by atoms with Crippen LogP contribution in [-0.4, -0.2) is 42.0 Å². The molecule has 1 aromatic rings. The van der Waals surface area contributed by atoms with Gasteiger partial charge in [0.15, 0.2) is 0 Å². The number of rotatable bonds is 7. The predicted molar refractivity (Wildman–Crippen MR) is 82.2 cm³/mol. The maximum absolute atomic E-state index is 12.2. The van der Waals surface area contributed by atoms with Crippen LogP contribution in [0, 0.1) is 5.92 Å². The SMILES string of the molecule is CC(C)CC(NC(=O)c1cccc(CN(C)C)c1)C(=O)O. The van der Waals surface area contributed by atoms with Gasteiger partial charge in [0.05, 0.1) is 0 Å². The minimum atomic E-state index is -0.999. The van der Waals surface area contributed by atoms with Gasteiger partial charge in [0.1, 0.15) is 6.04 Å². The summed E-state index contributed by atoms with van der Waals surface area (Å²) in [5, 5.41) is 11.8. The number of aliphatic carboxylic acids is 1. The first kappa shape index (κ1) is 17.2. The summed E-state index contributed by atoms with van der Waals surface area (Å²) in [5.41, 5.74) is 1.51. The molecule has 0 spiro atoms. The molecular formula is C16H24N2O3. The summed E-state index contributed by atoms with van der Waals surface area (Å²) in [6, 6.07) is 6.40. The fraction of sp³-hybridized carbons (Fsp3) is 0.500. The summed E-state index contributed by atoms with van der Waals surface area (Å²) in [6.45, 7) is 4.59. The van der Waals surface area contributed by atoms with Crippen molar-refractivity contribution in [2.75, 3.05) is 14.1 Å². The van der Waals surface area contributed by atoms with Gasteiger partial charge in [-0.05, 0) is 44.1 Å². The Hall–Kier alpha value is -1.88. The first-order valence-electron chi connectivity index (χ1n) is 7.07. The number of amides is 1. The molecule has 0 radical (unpaired) electrons. The van der Waals surface area contributed by atoms with Gasteiger partial charge in [-0.25, -0.2) is 4.79 Å². The van der Waals surface area contributed by atoms with E-state index in [0.717, 1.165) is 12.1 Å². The molecule has 0 aliphatic rings. The molecule has 0 heterocycles. The van der Waals surface area contributed by atoms with E-state index in [1.807, 2.05) is 45.0 Å². The van der Waals surface area contributed by atoms with Crippen LogP contribution in [0.25, 0.3) is 0 Å². The van der Waals surface area contributed by atoms with E-state index in [1.54, 1.807) is 12.1 Å². The van der Waals surface area contributed by atoms with E-state index in [1.165, 1.54) is 0 Å². The lowest BCUT2D eigenvalue weighted by Crippen LogP contribution is -2.41. The predicted octanol–water partition coefficient (Wildman–Crippen LogP) is 1.98. The maximum atomic E-state index is 12.2. The van der Waals surface area contributed by atoms with E-state index in [0.29, 0.717) is 12.0 Å². The zero-order valence-electron chi connectivity index (χ0n) is 13.1. The number of carbonyl (C=O) groups is 2. The van der Waals surface area contributed by atoms with Crippen LogP contribution in [0.15, 0.2) is 24.3 Å². The van der Waals surface area contributed by atoms with Gasteiger partial charge in [-0.3, -0.25) is 4.79 Å². The molecule has 116 valence electrons. The summed E-state index contributed by atoms with van der Waals surface area (Å²) < 4.78 is 0. The van der Waals surface area contributed by atoms with Crippen molar-refractivity contribution in [3.05, 3.63) is 35.4 Å². The van der Waals surface area contributed by atoms with Crippen molar-refractivity contribution in [2.45, 2.75) is 32.9 Å². The third kappa shape index (κ3) is 5.95. The van der Waals surface area contributed by atoms with Crippen molar-refractivity contribution in [2.24, 2.45) is 5.92 Å². The van der Waals surface area contributed by atoms with Crippen molar-refractivity contribution in [3.63, 3.8) is 0 Å². The van der Waals surface area contributed by atoms with Crippen molar-refractivity contribution in [1.82, 2.24) is 10.2 Å².